The molecule has 1 aromatic rings. The van der Waals surface area contributed by atoms with Gasteiger partial charge in [0.15, 0.2) is 6.04 Å². The van der Waals surface area contributed by atoms with Crippen molar-refractivity contribution < 1.29 is 19.6 Å². The number of nitrogens with two attached hydrogens (primary N) is 1. The van der Waals surface area contributed by atoms with Crippen LogP contribution in [0.1, 0.15) is 19.8 Å². The summed E-state index contributed by atoms with van der Waals surface area (Å²) in [4.78, 5) is 22.6. The van der Waals surface area contributed by atoms with Gasteiger partial charge < -0.3 is 15.4 Å². The third-order valence-corrected chi connectivity index (χ3v) is 2.87. The zero-order valence-electron chi connectivity index (χ0n) is 10.3. The minimum absolute atomic E-state index is 0.0694. The summed E-state index contributed by atoms with van der Waals surface area (Å²) < 4.78 is 5.28. The molecular formula is C13H17N2O3+. The quantitative estimate of drug-likeness (QED) is 0.597. The Hall–Kier alpha value is -1.88. The van der Waals surface area contributed by atoms with E-state index in [1.807, 2.05) is 5.32 Å². The third-order valence-electron chi connectivity index (χ3n) is 2.87. The summed E-state index contributed by atoms with van der Waals surface area (Å²) >= 11 is 0. The van der Waals surface area contributed by atoms with Gasteiger partial charge in [-0.1, -0.05) is 0 Å². The molecule has 0 unspecified atom stereocenters. The molecule has 96 valence electrons. The molecule has 1 amide bonds. The second-order valence-corrected chi connectivity index (χ2v) is 4.40. The normalized spacial score (nSPS) is 18.4. The van der Waals surface area contributed by atoms with Gasteiger partial charge >= 0.3 is 5.97 Å². The fourth-order valence-electron chi connectivity index (χ4n) is 1.99. The Morgan fingerprint density at radius 1 is 1.33 bits per heavy atom. The van der Waals surface area contributed by atoms with Gasteiger partial charge in [0.05, 0.1) is 6.54 Å². The maximum absolute atomic E-state index is 11.8. The average Bonchev–Trinajstić information content (AvgIpc) is 2.84. The highest BCUT2D eigenvalue weighted by Gasteiger charge is 2.28. The van der Waals surface area contributed by atoms with Gasteiger partial charge in [-0.2, -0.15) is 0 Å². The predicted octanol–water partition coefficient (Wildman–Crippen LogP) is 0.276. The van der Waals surface area contributed by atoms with E-state index in [1.165, 1.54) is 6.92 Å². The van der Waals surface area contributed by atoms with E-state index in [9.17, 15) is 9.59 Å². The lowest BCUT2D eigenvalue weighted by atomic mass is 10.2. The van der Waals surface area contributed by atoms with E-state index in [4.69, 9.17) is 4.74 Å². The number of hydrogen-bond donors (Lipinski definition) is 2. The number of quaternary nitrogens is 1. The lowest BCUT2D eigenvalue weighted by molar-refractivity contribution is -0.658. The van der Waals surface area contributed by atoms with Crippen LogP contribution in [0.5, 0.6) is 5.75 Å². The lowest BCUT2D eigenvalue weighted by Crippen LogP contribution is -2.88. The maximum atomic E-state index is 11.8. The molecule has 2 rings (SSSR count). The summed E-state index contributed by atoms with van der Waals surface area (Å²) in [6.07, 6.45) is 1.93. The van der Waals surface area contributed by atoms with Crippen molar-refractivity contribution in [1.29, 1.82) is 0 Å². The molecule has 1 saturated heterocycles. The van der Waals surface area contributed by atoms with Crippen LogP contribution in [0.15, 0.2) is 24.3 Å². The van der Waals surface area contributed by atoms with Gasteiger partial charge in [-0.25, -0.2) is 4.79 Å². The van der Waals surface area contributed by atoms with Crippen molar-refractivity contribution in [2.75, 3.05) is 11.9 Å². The van der Waals surface area contributed by atoms with Crippen LogP contribution in [0, 0.1) is 0 Å². The number of amides is 1. The van der Waals surface area contributed by atoms with Gasteiger partial charge in [-0.3, -0.25) is 4.79 Å². The molecule has 3 N–H and O–H groups in total. The molecule has 5 heteroatoms. The fourth-order valence-corrected chi connectivity index (χ4v) is 1.99. The number of rotatable bonds is 3. The topological polar surface area (TPSA) is 72.0 Å². The Kier molecular flexibility index (Phi) is 3.94. The van der Waals surface area contributed by atoms with Crippen molar-refractivity contribution in [2.24, 2.45) is 0 Å². The molecule has 0 aliphatic carbocycles. The van der Waals surface area contributed by atoms with Crippen molar-refractivity contribution in [3.05, 3.63) is 24.3 Å². The Morgan fingerprint density at radius 3 is 2.61 bits per heavy atom. The standard InChI is InChI=1S/C13H16N2O3/c1-9(16)15-10-4-6-11(7-5-10)18-13(17)12-3-2-8-14-12/h4-7,12,14H,2-3,8H2,1H3,(H,15,16)/p+1/t12-/m0/s1. The van der Waals surface area contributed by atoms with Gasteiger partial charge in [0, 0.05) is 25.5 Å². The molecule has 1 aliphatic heterocycles. The first-order valence-electron chi connectivity index (χ1n) is 6.08. The molecule has 1 aliphatic rings. The highest BCUT2D eigenvalue weighted by Crippen LogP contribution is 2.16. The smallest absolute Gasteiger partial charge is 0.370 e. The van der Waals surface area contributed by atoms with Crippen LogP contribution in [0.2, 0.25) is 0 Å². The number of benzene rings is 1. The zero-order valence-corrected chi connectivity index (χ0v) is 10.3. The first-order chi connectivity index (χ1) is 8.65. The van der Waals surface area contributed by atoms with Crippen molar-refractivity contribution in [1.82, 2.24) is 0 Å². The van der Waals surface area contributed by atoms with Crippen molar-refractivity contribution >= 4 is 17.6 Å². The molecular weight excluding hydrogens is 232 g/mol. The molecule has 1 atom stereocenters. The summed E-state index contributed by atoms with van der Waals surface area (Å²) in [6, 6.07) is 6.71. The molecule has 0 bridgehead atoms. The van der Waals surface area contributed by atoms with Crippen LogP contribution in [-0.2, 0) is 9.59 Å². The van der Waals surface area contributed by atoms with E-state index >= 15 is 0 Å². The molecule has 0 radical (unpaired) electrons. The summed E-state index contributed by atoms with van der Waals surface area (Å²) in [5.41, 5.74) is 0.690. The summed E-state index contributed by atoms with van der Waals surface area (Å²) in [7, 11) is 0. The molecule has 5 nitrogen and oxygen atoms in total. The molecule has 1 heterocycles. The van der Waals surface area contributed by atoms with Crippen LogP contribution in [0.4, 0.5) is 5.69 Å². The Bertz CT molecular complexity index is 436. The molecule has 0 spiro atoms. The summed E-state index contributed by atoms with van der Waals surface area (Å²) in [5, 5.41) is 4.66. The SMILES string of the molecule is CC(=O)Nc1ccc(OC(=O)[C@@H]2CCC[NH2+]2)cc1. The minimum Gasteiger partial charge on any atom is -0.422 e. The van der Waals surface area contributed by atoms with Crippen LogP contribution >= 0.6 is 0 Å². The van der Waals surface area contributed by atoms with E-state index < -0.39 is 0 Å². The number of nitrogens with one attached hydrogen (secondary N) is 1. The van der Waals surface area contributed by atoms with Gasteiger partial charge in [-0.15, -0.1) is 0 Å². The maximum Gasteiger partial charge on any atom is 0.370 e. The predicted molar refractivity (Wildman–Crippen MR) is 66.2 cm³/mol. The number of carbonyl (C=O) groups excluding carboxylic acids is 2. The zero-order chi connectivity index (χ0) is 13.0. The van der Waals surface area contributed by atoms with Crippen LogP contribution in [0.3, 0.4) is 0 Å². The fraction of sp³-hybridized carbons (Fsp3) is 0.385. The summed E-state index contributed by atoms with van der Waals surface area (Å²) in [6.45, 7) is 2.44. The Balaban J connectivity index is 1.93. The summed E-state index contributed by atoms with van der Waals surface area (Å²) in [5.74, 6) is 0.189. The average molecular weight is 249 g/mol. The van der Waals surface area contributed by atoms with E-state index in [0.717, 1.165) is 19.4 Å². The van der Waals surface area contributed by atoms with Gasteiger partial charge in [0.1, 0.15) is 5.75 Å². The lowest BCUT2D eigenvalue weighted by Gasteiger charge is -2.08. The third kappa shape index (κ3) is 3.30. The van der Waals surface area contributed by atoms with Gasteiger partial charge in [0.25, 0.3) is 0 Å². The number of ether oxygens (including phenoxy) is 1. The van der Waals surface area contributed by atoms with Gasteiger partial charge in [-0.05, 0) is 24.3 Å². The van der Waals surface area contributed by atoms with E-state index in [1.54, 1.807) is 24.3 Å². The van der Waals surface area contributed by atoms with Gasteiger partial charge in [0.2, 0.25) is 5.91 Å². The van der Waals surface area contributed by atoms with E-state index in [2.05, 4.69) is 5.32 Å². The first-order valence-corrected chi connectivity index (χ1v) is 6.08. The second-order valence-electron chi connectivity index (χ2n) is 4.40. The van der Waals surface area contributed by atoms with E-state index in [-0.39, 0.29) is 17.9 Å². The molecule has 18 heavy (non-hydrogen) atoms. The van der Waals surface area contributed by atoms with Crippen LogP contribution in [0.25, 0.3) is 0 Å². The number of carbonyl (C=O) groups is 2. The number of hydrogen-bond acceptors (Lipinski definition) is 3. The number of anilines is 1. The van der Waals surface area contributed by atoms with Crippen molar-refractivity contribution in [3.63, 3.8) is 0 Å². The Morgan fingerprint density at radius 2 is 2.06 bits per heavy atom. The first kappa shape index (κ1) is 12.6. The molecule has 1 fully saturated rings. The van der Waals surface area contributed by atoms with Crippen molar-refractivity contribution in [3.8, 4) is 5.75 Å². The Labute approximate surface area is 106 Å². The van der Waals surface area contributed by atoms with Crippen molar-refractivity contribution in [2.45, 2.75) is 25.8 Å². The highest BCUT2D eigenvalue weighted by molar-refractivity contribution is 5.88. The van der Waals surface area contributed by atoms with Crippen LogP contribution in [-0.4, -0.2) is 24.5 Å². The highest BCUT2D eigenvalue weighted by atomic mass is 16.5. The van der Waals surface area contributed by atoms with Crippen LogP contribution < -0.4 is 15.4 Å². The molecule has 0 aromatic heterocycles. The second kappa shape index (κ2) is 5.64. The number of esters is 1. The largest absolute Gasteiger partial charge is 0.422 e. The monoisotopic (exact) mass is 249 g/mol. The molecule has 0 saturated carbocycles. The minimum atomic E-state index is -0.195. The van der Waals surface area contributed by atoms with E-state index in [0.29, 0.717) is 11.4 Å². The molecule has 1 aromatic carbocycles.